The summed E-state index contributed by atoms with van der Waals surface area (Å²) in [6.45, 7) is 0.529. The van der Waals surface area contributed by atoms with E-state index in [1.54, 1.807) is 18.2 Å². The number of rotatable bonds is 5. The second-order valence-electron chi connectivity index (χ2n) is 4.23. The van der Waals surface area contributed by atoms with E-state index in [9.17, 15) is 4.79 Å². The molecule has 0 spiro atoms. The number of benzene rings is 1. The molecule has 92 valence electrons. The summed E-state index contributed by atoms with van der Waals surface area (Å²) in [6, 6.07) is 5.69. The smallest absolute Gasteiger partial charge is 0.317 e. The molecule has 0 aliphatic heterocycles. The zero-order chi connectivity index (χ0) is 12.4. The summed E-state index contributed by atoms with van der Waals surface area (Å²) >= 11 is 12.2. The average molecular weight is 274 g/mol. The zero-order valence-corrected chi connectivity index (χ0v) is 10.7. The normalized spacial score (nSPS) is 15.2. The monoisotopic (exact) mass is 273 g/mol. The Morgan fingerprint density at radius 2 is 1.94 bits per heavy atom. The summed E-state index contributed by atoms with van der Waals surface area (Å²) < 4.78 is 0. The number of carbonyl (C=O) groups is 1. The number of carboxylic acids is 1. The van der Waals surface area contributed by atoms with Crippen molar-refractivity contribution in [3.8, 4) is 0 Å². The van der Waals surface area contributed by atoms with Crippen LogP contribution in [0.2, 0.25) is 10.0 Å². The first kappa shape index (κ1) is 12.7. The molecule has 1 saturated carbocycles. The summed E-state index contributed by atoms with van der Waals surface area (Å²) in [5.74, 6) is -0.819. The predicted molar refractivity (Wildman–Crippen MR) is 67.5 cm³/mol. The Kier molecular flexibility index (Phi) is 3.92. The van der Waals surface area contributed by atoms with Gasteiger partial charge in [-0.25, -0.2) is 0 Å². The Balaban J connectivity index is 2.14. The van der Waals surface area contributed by atoms with Gasteiger partial charge in [0.1, 0.15) is 0 Å². The Bertz CT molecular complexity index is 412. The van der Waals surface area contributed by atoms with Gasteiger partial charge in [-0.1, -0.05) is 29.3 Å². The van der Waals surface area contributed by atoms with Crippen LogP contribution in [0.3, 0.4) is 0 Å². The van der Waals surface area contributed by atoms with Gasteiger partial charge in [-0.15, -0.1) is 0 Å². The van der Waals surface area contributed by atoms with Gasteiger partial charge >= 0.3 is 5.97 Å². The Morgan fingerprint density at radius 3 is 2.41 bits per heavy atom. The zero-order valence-electron chi connectivity index (χ0n) is 9.20. The molecule has 0 bridgehead atoms. The number of hydrogen-bond donors (Lipinski definition) is 1. The number of hydrogen-bond acceptors (Lipinski definition) is 2. The van der Waals surface area contributed by atoms with Gasteiger partial charge in [-0.3, -0.25) is 9.69 Å². The number of carboxylic acid groups (broad SMARTS) is 1. The largest absolute Gasteiger partial charge is 0.480 e. The molecule has 3 nitrogen and oxygen atoms in total. The van der Waals surface area contributed by atoms with Crippen molar-refractivity contribution in [3.63, 3.8) is 0 Å². The van der Waals surface area contributed by atoms with E-state index in [4.69, 9.17) is 28.3 Å². The molecule has 1 aromatic rings. The third kappa shape index (κ3) is 3.35. The van der Waals surface area contributed by atoms with Crippen LogP contribution in [0.5, 0.6) is 0 Å². The average Bonchev–Trinajstić information content (AvgIpc) is 3.05. The Labute approximate surface area is 110 Å². The van der Waals surface area contributed by atoms with Crippen molar-refractivity contribution in [3.05, 3.63) is 33.8 Å². The van der Waals surface area contributed by atoms with E-state index in [0.29, 0.717) is 22.6 Å². The first-order valence-electron chi connectivity index (χ1n) is 5.46. The molecule has 0 radical (unpaired) electrons. The second-order valence-corrected chi connectivity index (χ2v) is 5.04. The summed E-state index contributed by atoms with van der Waals surface area (Å²) in [5.41, 5.74) is 0.809. The molecule has 0 heterocycles. The van der Waals surface area contributed by atoms with E-state index in [2.05, 4.69) is 0 Å². The highest BCUT2D eigenvalue weighted by molar-refractivity contribution is 6.35. The molecule has 0 aromatic heterocycles. The molecule has 1 fully saturated rings. The topological polar surface area (TPSA) is 40.5 Å². The first-order valence-corrected chi connectivity index (χ1v) is 6.22. The fourth-order valence-corrected chi connectivity index (χ4v) is 2.33. The molecule has 1 aliphatic rings. The highest BCUT2D eigenvalue weighted by atomic mass is 35.5. The molecular formula is C12H13Cl2NO2. The van der Waals surface area contributed by atoms with Crippen molar-refractivity contribution >= 4 is 29.2 Å². The second kappa shape index (κ2) is 5.25. The Morgan fingerprint density at radius 1 is 1.35 bits per heavy atom. The van der Waals surface area contributed by atoms with Gasteiger partial charge < -0.3 is 5.11 Å². The van der Waals surface area contributed by atoms with Gasteiger partial charge in [-0.05, 0) is 25.0 Å². The van der Waals surface area contributed by atoms with Crippen LogP contribution in [0.4, 0.5) is 0 Å². The van der Waals surface area contributed by atoms with Crippen molar-refractivity contribution in [2.45, 2.75) is 25.4 Å². The van der Waals surface area contributed by atoms with Gasteiger partial charge in [0.2, 0.25) is 0 Å². The molecule has 1 aromatic carbocycles. The van der Waals surface area contributed by atoms with Gasteiger partial charge in [0.05, 0.1) is 6.54 Å². The van der Waals surface area contributed by atoms with Gasteiger partial charge in [0.25, 0.3) is 0 Å². The van der Waals surface area contributed by atoms with Crippen LogP contribution in [-0.4, -0.2) is 28.6 Å². The lowest BCUT2D eigenvalue weighted by Gasteiger charge is -2.21. The lowest BCUT2D eigenvalue weighted by atomic mass is 10.2. The van der Waals surface area contributed by atoms with Gasteiger partial charge in [-0.2, -0.15) is 0 Å². The number of halogens is 2. The summed E-state index contributed by atoms with van der Waals surface area (Å²) in [6.07, 6.45) is 2.10. The molecule has 0 atom stereocenters. The third-order valence-electron chi connectivity index (χ3n) is 2.82. The minimum absolute atomic E-state index is 0.0339. The molecule has 2 rings (SSSR count). The van der Waals surface area contributed by atoms with Crippen molar-refractivity contribution < 1.29 is 9.90 Å². The van der Waals surface area contributed by atoms with E-state index >= 15 is 0 Å². The summed E-state index contributed by atoms with van der Waals surface area (Å²) in [7, 11) is 0. The van der Waals surface area contributed by atoms with Gasteiger partial charge in [0.15, 0.2) is 0 Å². The standard InChI is InChI=1S/C12H13Cl2NO2/c13-10-2-1-3-11(14)9(10)6-15(7-12(16)17)8-4-5-8/h1-3,8H,4-7H2,(H,16,17). The molecule has 5 heteroatoms. The van der Waals surface area contributed by atoms with Crippen molar-refractivity contribution in [1.29, 1.82) is 0 Å². The fraction of sp³-hybridized carbons (Fsp3) is 0.417. The third-order valence-corrected chi connectivity index (χ3v) is 3.53. The minimum atomic E-state index is -0.819. The van der Waals surface area contributed by atoms with Gasteiger partial charge in [0, 0.05) is 28.2 Å². The highest BCUT2D eigenvalue weighted by Gasteiger charge is 2.30. The van der Waals surface area contributed by atoms with Crippen LogP contribution in [0, 0.1) is 0 Å². The Hall–Kier alpha value is -0.770. The van der Waals surface area contributed by atoms with E-state index < -0.39 is 5.97 Å². The molecule has 1 aliphatic carbocycles. The molecule has 17 heavy (non-hydrogen) atoms. The highest BCUT2D eigenvalue weighted by Crippen LogP contribution is 2.31. The molecule has 0 unspecified atom stereocenters. The maximum Gasteiger partial charge on any atom is 0.317 e. The summed E-state index contributed by atoms with van der Waals surface area (Å²) in [4.78, 5) is 12.7. The maximum absolute atomic E-state index is 10.8. The minimum Gasteiger partial charge on any atom is -0.480 e. The van der Waals surface area contributed by atoms with E-state index in [1.807, 2.05) is 4.90 Å². The van der Waals surface area contributed by atoms with Crippen LogP contribution in [0.25, 0.3) is 0 Å². The van der Waals surface area contributed by atoms with Crippen molar-refractivity contribution in [1.82, 2.24) is 4.90 Å². The number of aliphatic carboxylic acids is 1. The van der Waals surface area contributed by atoms with Crippen LogP contribution < -0.4 is 0 Å². The SMILES string of the molecule is O=C(O)CN(Cc1c(Cl)cccc1Cl)C1CC1. The first-order chi connectivity index (χ1) is 8.08. The van der Waals surface area contributed by atoms with E-state index in [0.717, 1.165) is 18.4 Å². The van der Waals surface area contributed by atoms with E-state index in [1.165, 1.54) is 0 Å². The van der Waals surface area contributed by atoms with Crippen molar-refractivity contribution in [2.24, 2.45) is 0 Å². The van der Waals surface area contributed by atoms with Crippen LogP contribution in [-0.2, 0) is 11.3 Å². The molecule has 1 N–H and O–H groups in total. The lowest BCUT2D eigenvalue weighted by molar-refractivity contribution is -0.138. The molecule has 0 amide bonds. The molecular weight excluding hydrogens is 261 g/mol. The maximum atomic E-state index is 10.8. The van der Waals surface area contributed by atoms with Crippen LogP contribution in [0.1, 0.15) is 18.4 Å². The lowest BCUT2D eigenvalue weighted by Crippen LogP contribution is -2.31. The summed E-state index contributed by atoms with van der Waals surface area (Å²) in [5, 5.41) is 10.1. The van der Waals surface area contributed by atoms with Crippen LogP contribution in [0.15, 0.2) is 18.2 Å². The fourth-order valence-electron chi connectivity index (χ4n) is 1.81. The number of nitrogens with zero attached hydrogens (tertiary/aromatic N) is 1. The van der Waals surface area contributed by atoms with E-state index in [-0.39, 0.29) is 6.54 Å². The quantitative estimate of drug-likeness (QED) is 0.897. The van der Waals surface area contributed by atoms with Crippen molar-refractivity contribution in [2.75, 3.05) is 6.54 Å². The molecule has 0 saturated heterocycles. The predicted octanol–water partition coefficient (Wildman–Crippen LogP) is 3.04. The van der Waals surface area contributed by atoms with Crippen LogP contribution >= 0.6 is 23.2 Å².